The molecular weight excluding hydrogens is 1260 g/mol. The number of hydrogen-bond donors (Lipinski definition) is 4. The second-order valence-corrected chi connectivity index (χ2v) is 25.9. The van der Waals surface area contributed by atoms with Gasteiger partial charge in [-0.25, -0.2) is 0 Å². The van der Waals surface area contributed by atoms with Crippen molar-refractivity contribution >= 4 is 29.5 Å². The summed E-state index contributed by atoms with van der Waals surface area (Å²) in [6, 6.07) is 20.6. The summed E-state index contributed by atoms with van der Waals surface area (Å²) in [6.07, 6.45) is 8.69. The van der Waals surface area contributed by atoms with Gasteiger partial charge in [0, 0.05) is 34.6 Å². The van der Waals surface area contributed by atoms with Crippen LogP contribution in [0.3, 0.4) is 0 Å². The molecule has 6 aromatic carbocycles. The van der Waals surface area contributed by atoms with Gasteiger partial charge in [0.25, 0.3) is 0 Å². The minimum atomic E-state index is -0.632. The average molecular weight is 1350 g/mol. The lowest BCUT2D eigenvalue weighted by Gasteiger charge is -2.20. The summed E-state index contributed by atoms with van der Waals surface area (Å²) >= 11 is 1.41. The fraction of sp³-hybridized carbons (Fsp3) is 0.440. The van der Waals surface area contributed by atoms with Crippen molar-refractivity contribution in [1.82, 2.24) is 10.6 Å². The van der Waals surface area contributed by atoms with E-state index in [1.54, 1.807) is 94.3 Å². The minimum absolute atomic E-state index is 0.0139. The van der Waals surface area contributed by atoms with Crippen LogP contribution in [0.5, 0.6) is 63.2 Å². The van der Waals surface area contributed by atoms with E-state index in [4.69, 9.17) is 62.9 Å². The highest BCUT2D eigenvalue weighted by Crippen LogP contribution is 2.54. The van der Waals surface area contributed by atoms with E-state index in [1.165, 1.54) is 26.0 Å². The Balaban J connectivity index is 0.000000163. The number of carboxylic acids is 1. The molecule has 6 aliphatic rings. The van der Waals surface area contributed by atoms with Crippen LogP contribution < -0.4 is 84.8 Å². The number of nitrogens with one attached hydrogen (secondary N) is 2. The molecule has 97 heavy (non-hydrogen) atoms. The minimum Gasteiger partial charge on any atom is -0.493 e. The lowest BCUT2D eigenvalue weighted by molar-refractivity contribution is -0.138. The number of ether oxygens (including phenoxy) is 11. The van der Waals surface area contributed by atoms with E-state index in [1.807, 2.05) is 55.6 Å². The normalized spacial score (nSPS) is 20.6. The van der Waals surface area contributed by atoms with Gasteiger partial charge in [-0.1, -0.05) is 39.0 Å². The zero-order valence-electron chi connectivity index (χ0n) is 57.9. The molecule has 6 unspecified atom stereocenters. The van der Waals surface area contributed by atoms with Crippen molar-refractivity contribution < 1.29 is 71.6 Å². The molecule has 0 bridgehead atoms. The number of aryl methyl sites for hydroxylation is 3. The summed E-state index contributed by atoms with van der Waals surface area (Å²) in [4.78, 5) is 74.5. The Bertz CT molecular complexity index is 3990. The van der Waals surface area contributed by atoms with Crippen LogP contribution in [-0.4, -0.2) is 107 Å². The number of benzene rings is 3. The molecule has 518 valence electrons. The molecule has 3 saturated carbocycles. The van der Waals surface area contributed by atoms with Crippen LogP contribution in [0.2, 0.25) is 0 Å². The van der Waals surface area contributed by atoms with Crippen molar-refractivity contribution in [1.29, 1.82) is 0 Å². The van der Waals surface area contributed by atoms with Gasteiger partial charge in [0.1, 0.15) is 0 Å². The third-order valence-corrected chi connectivity index (χ3v) is 19.9. The number of aliphatic carboxylic acids is 1. The molecule has 2 amide bonds. The van der Waals surface area contributed by atoms with Crippen LogP contribution >= 0.6 is 11.8 Å². The molecule has 0 radical (unpaired) electrons. The van der Waals surface area contributed by atoms with Crippen LogP contribution in [0.25, 0.3) is 33.4 Å². The number of nitrogens with two attached hydrogens (primary N) is 1. The van der Waals surface area contributed by atoms with Crippen molar-refractivity contribution in [3.05, 3.63) is 137 Å². The molecule has 6 aliphatic carbocycles. The molecule has 9 atom stereocenters. The molecule has 3 fully saturated rings. The molecule has 0 heterocycles. The maximum atomic E-state index is 12.9. The van der Waals surface area contributed by atoms with E-state index in [0.717, 1.165) is 92.4 Å². The molecule has 0 saturated heterocycles. The smallest absolute Gasteiger partial charge is 0.306 e. The summed E-state index contributed by atoms with van der Waals surface area (Å²) < 4.78 is 61.1. The molecule has 12 rings (SSSR count). The molecule has 0 spiro atoms. The fourth-order valence-corrected chi connectivity index (χ4v) is 13.8. The maximum Gasteiger partial charge on any atom is 0.306 e. The fourth-order valence-electron chi connectivity index (χ4n) is 13.3. The number of hydrogen-bond acceptors (Lipinski definition) is 19. The van der Waals surface area contributed by atoms with Crippen molar-refractivity contribution in [3.63, 3.8) is 0 Å². The lowest BCUT2D eigenvalue weighted by Crippen LogP contribution is -2.30. The Morgan fingerprint density at radius 3 is 1.05 bits per heavy atom. The summed E-state index contributed by atoms with van der Waals surface area (Å²) in [6.45, 7) is 6.12. The van der Waals surface area contributed by atoms with E-state index >= 15 is 0 Å². The van der Waals surface area contributed by atoms with Crippen LogP contribution in [0.15, 0.2) is 92.1 Å². The number of thioether (sulfide) groups is 1. The third-order valence-electron chi connectivity index (χ3n) is 19.2. The first-order valence-electron chi connectivity index (χ1n) is 32.4. The topological polar surface area (TPSA) is 274 Å². The molecule has 22 heteroatoms. The zero-order valence-corrected chi connectivity index (χ0v) is 58.7. The van der Waals surface area contributed by atoms with E-state index < -0.39 is 5.97 Å². The van der Waals surface area contributed by atoms with E-state index in [9.17, 15) is 28.8 Å². The quantitative estimate of drug-likeness (QED) is 0.0618. The van der Waals surface area contributed by atoms with Crippen molar-refractivity contribution in [2.75, 3.05) is 84.5 Å². The SMILES string of the molecule is CC1CC1C(=O)O.COc1cc2c(c(OC)c1OC)-c1ccc(OC)c(=O)cc1[C@H](N)CC2.COc1cc2c(c(OC)c1OC)-c1ccc(OC)c(=O)cc1[C@H](NC(=O)C1CC1C)CC2.COc1cc2c(c(OC)c1OC)-c1ccc(SC)c(=O)cc1[C@H](NC(=O)C1CC1C)CC2. The average Bonchev–Trinajstić information content (AvgIpc) is 1.68. The highest BCUT2D eigenvalue weighted by atomic mass is 32.2. The first kappa shape index (κ1) is 72.1. The molecule has 6 aromatic rings. The number of carbonyl (C=O) groups is 3. The van der Waals surface area contributed by atoms with E-state index in [-0.39, 0.29) is 75.5 Å². The first-order chi connectivity index (χ1) is 46.6. The number of amides is 2. The lowest BCUT2D eigenvalue weighted by atomic mass is 9.95. The predicted molar refractivity (Wildman–Crippen MR) is 371 cm³/mol. The van der Waals surface area contributed by atoms with E-state index in [0.29, 0.717) is 106 Å². The Hall–Kier alpha value is -9.15. The van der Waals surface area contributed by atoms with Gasteiger partial charge >= 0.3 is 5.97 Å². The number of methoxy groups -OCH3 is 11. The Labute approximate surface area is 569 Å². The van der Waals surface area contributed by atoms with Gasteiger partial charge in [0.15, 0.2) is 51.4 Å². The number of fused-ring (bicyclic) bond motifs is 9. The summed E-state index contributed by atoms with van der Waals surface area (Å²) in [7, 11) is 17.2. The molecular formula is C75H89N3O18S. The summed E-state index contributed by atoms with van der Waals surface area (Å²) in [5, 5.41) is 14.6. The van der Waals surface area contributed by atoms with Crippen LogP contribution in [-0.2, 0) is 33.6 Å². The van der Waals surface area contributed by atoms with Gasteiger partial charge in [-0.2, -0.15) is 0 Å². The first-order valence-corrected chi connectivity index (χ1v) is 33.6. The zero-order chi connectivity index (χ0) is 70.3. The Morgan fingerprint density at radius 2 is 0.742 bits per heavy atom. The molecule has 0 aromatic heterocycles. The highest BCUT2D eigenvalue weighted by Gasteiger charge is 2.43. The van der Waals surface area contributed by atoms with Gasteiger partial charge in [-0.15, -0.1) is 11.8 Å². The molecule has 0 aliphatic heterocycles. The largest absolute Gasteiger partial charge is 0.493 e. The van der Waals surface area contributed by atoms with Gasteiger partial charge < -0.3 is 73.6 Å². The summed E-state index contributed by atoms with van der Waals surface area (Å²) in [5.74, 6) is 6.23. The standard InChI is InChI=1S/C25H29NO6.C25H29NO5S.C20H23NO5.C5H8O2/c1-13-10-16(13)25(28)26-18-8-6-14-11-21(30-3)23(31-4)24(32-5)22(14)15-7-9-20(29-2)19(27)12-17(15)18;1-13-10-16(13)25(28)26-18-8-6-14-11-20(29-2)23(30-3)24(31-4)22(14)15-7-9-21(32-5)19(27)12-17(15)18;1-23-16-8-6-12-13(10-15(16)22)14(21)7-5-11-9-17(24-2)19(25-3)20(26-4)18(11)12;1-3-2-4(3)5(6)7/h2*7,9,11-13,16,18H,6,8,10H2,1-5H3,(H,26,28);6,8-10,14H,5,7,21H2,1-4H3;3-4H,2H2,1H3,(H,6,7)/t2*13?,16?,18-;14-;/m111./s1. The summed E-state index contributed by atoms with van der Waals surface area (Å²) in [5.41, 5.74) is 16.3. The number of carboxylic acid groups (broad SMARTS) is 1. The van der Waals surface area contributed by atoms with Gasteiger partial charge in [0.05, 0.1) is 101 Å². The van der Waals surface area contributed by atoms with Crippen molar-refractivity contribution in [2.24, 2.45) is 41.2 Å². The number of carbonyl (C=O) groups excluding carboxylic acids is 2. The maximum absolute atomic E-state index is 12.9. The van der Waals surface area contributed by atoms with Gasteiger partial charge in [-0.05, 0) is 186 Å². The van der Waals surface area contributed by atoms with Crippen molar-refractivity contribution in [3.8, 4) is 96.6 Å². The second-order valence-electron chi connectivity index (χ2n) is 25.0. The predicted octanol–water partition coefficient (Wildman–Crippen LogP) is 11.1. The van der Waals surface area contributed by atoms with Crippen LogP contribution in [0.1, 0.15) is 111 Å². The highest BCUT2D eigenvalue weighted by molar-refractivity contribution is 7.98. The number of rotatable bonds is 17. The molecule has 5 N–H and O–H groups in total. The molecule has 21 nitrogen and oxygen atoms in total. The van der Waals surface area contributed by atoms with E-state index in [2.05, 4.69) is 24.5 Å². The monoisotopic (exact) mass is 1350 g/mol. The van der Waals surface area contributed by atoms with Crippen LogP contribution in [0.4, 0.5) is 0 Å². The Morgan fingerprint density at radius 1 is 0.423 bits per heavy atom. The van der Waals surface area contributed by atoms with Crippen molar-refractivity contribution in [2.45, 2.75) is 102 Å². The Kier molecular flexibility index (Phi) is 23.3. The second kappa shape index (κ2) is 31.4. The van der Waals surface area contributed by atoms with Gasteiger partial charge in [0.2, 0.25) is 39.9 Å². The third kappa shape index (κ3) is 15.2. The van der Waals surface area contributed by atoms with Crippen LogP contribution in [0, 0.1) is 35.5 Å². The van der Waals surface area contributed by atoms with Gasteiger partial charge in [-0.3, -0.25) is 28.8 Å².